The van der Waals surface area contributed by atoms with Crippen molar-refractivity contribution in [1.82, 2.24) is 4.98 Å². The number of aromatic nitrogens is 1. The molecule has 1 unspecified atom stereocenters. The van der Waals surface area contributed by atoms with E-state index in [4.69, 9.17) is 14.2 Å². The van der Waals surface area contributed by atoms with Gasteiger partial charge in [0, 0.05) is 6.61 Å². The molecule has 0 aliphatic carbocycles. The van der Waals surface area contributed by atoms with Crippen LogP contribution in [0.4, 0.5) is 5.13 Å². The fourth-order valence-electron chi connectivity index (χ4n) is 3.68. The molecule has 0 spiro atoms. The van der Waals surface area contributed by atoms with Gasteiger partial charge < -0.3 is 14.2 Å². The number of methoxy groups -OCH3 is 1. The summed E-state index contributed by atoms with van der Waals surface area (Å²) in [7, 11) is -2.35. The molecule has 33 heavy (non-hydrogen) atoms. The minimum atomic E-state index is -3.85. The summed E-state index contributed by atoms with van der Waals surface area (Å²) in [6.45, 7) is 3.26. The summed E-state index contributed by atoms with van der Waals surface area (Å²) in [5, 5.41) is 0.433. The molecule has 1 aromatic heterocycles. The van der Waals surface area contributed by atoms with Crippen LogP contribution in [0.5, 0.6) is 11.5 Å². The third kappa shape index (κ3) is 5.29. The maximum atomic E-state index is 13.3. The van der Waals surface area contributed by atoms with Gasteiger partial charge in [0.15, 0.2) is 15.0 Å². The molecule has 4 rings (SSSR count). The lowest BCUT2D eigenvalue weighted by Gasteiger charge is -2.23. The van der Waals surface area contributed by atoms with Gasteiger partial charge in [0.1, 0.15) is 22.8 Å². The zero-order chi connectivity index (χ0) is 23.4. The number of rotatable bonds is 9. The maximum absolute atomic E-state index is 13.3. The lowest BCUT2D eigenvalue weighted by Crippen LogP contribution is -2.40. The highest BCUT2D eigenvalue weighted by atomic mass is 32.2. The molecule has 0 bridgehead atoms. The molecule has 1 amide bonds. The van der Waals surface area contributed by atoms with Gasteiger partial charge in [0.05, 0.1) is 36.0 Å². The number of sulfone groups is 1. The Kier molecular flexibility index (Phi) is 7.16. The summed E-state index contributed by atoms with van der Waals surface area (Å²) in [6.07, 6.45) is 1.56. The Morgan fingerprint density at radius 1 is 1.24 bits per heavy atom. The Morgan fingerprint density at radius 2 is 2.03 bits per heavy atom. The average molecular weight is 491 g/mol. The van der Waals surface area contributed by atoms with Crippen molar-refractivity contribution in [2.45, 2.75) is 30.8 Å². The van der Waals surface area contributed by atoms with E-state index in [0.717, 1.165) is 17.5 Å². The first-order valence-corrected chi connectivity index (χ1v) is 13.2. The lowest BCUT2D eigenvalue weighted by atomic mass is 10.2. The normalized spacial score (nSPS) is 16.1. The van der Waals surface area contributed by atoms with Crippen LogP contribution < -0.4 is 14.4 Å². The van der Waals surface area contributed by atoms with E-state index in [2.05, 4.69) is 4.98 Å². The molecule has 2 aromatic carbocycles. The van der Waals surface area contributed by atoms with Crippen LogP contribution in [0.2, 0.25) is 0 Å². The van der Waals surface area contributed by atoms with Crippen LogP contribution in [0.1, 0.15) is 19.8 Å². The van der Waals surface area contributed by atoms with Crippen LogP contribution in [0, 0.1) is 0 Å². The smallest absolute Gasteiger partial charge is 0.244 e. The van der Waals surface area contributed by atoms with Crippen LogP contribution in [0.3, 0.4) is 0 Å². The summed E-state index contributed by atoms with van der Waals surface area (Å²) in [5.41, 5.74) is 0.655. The van der Waals surface area contributed by atoms with Crippen molar-refractivity contribution >= 4 is 42.4 Å². The number of hydrogen-bond donors (Lipinski definition) is 0. The van der Waals surface area contributed by atoms with Crippen molar-refractivity contribution in [2.75, 3.05) is 37.5 Å². The number of thiazole rings is 1. The number of hydrogen-bond acceptors (Lipinski definition) is 8. The highest BCUT2D eigenvalue weighted by molar-refractivity contribution is 7.92. The van der Waals surface area contributed by atoms with Crippen LogP contribution in [0.15, 0.2) is 47.4 Å². The summed E-state index contributed by atoms with van der Waals surface area (Å²) in [5.74, 6) is -0.0358. The van der Waals surface area contributed by atoms with E-state index in [9.17, 15) is 13.2 Å². The van der Waals surface area contributed by atoms with Gasteiger partial charge in [0.2, 0.25) is 5.91 Å². The molecule has 8 nitrogen and oxygen atoms in total. The molecular weight excluding hydrogens is 464 g/mol. The number of fused-ring (bicyclic) bond motifs is 1. The van der Waals surface area contributed by atoms with Gasteiger partial charge in [-0.3, -0.25) is 9.69 Å². The SMILES string of the molecule is CCOc1cccc2sc(N(CC3CCCO3)C(=O)CS(=O)(=O)c3ccc(OC)cc3)nc12. The highest BCUT2D eigenvalue weighted by Gasteiger charge is 2.30. The third-order valence-corrected chi connectivity index (χ3v) is 8.01. The van der Waals surface area contributed by atoms with Crippen molar-refractivity contribution in [3.8, 4) is 11.5 Å². The molecule has 1 aliphatic rings. The number of nitrogens with zero attached hydrogens (tertiary/aromatic N) is 2. The van der Waals surface area contributed by atoms with Crippen LogP contribution >= 0.6 is 11.3 Å². The third-order valence-electron chi connectivity index (χ3n) is 5.34. The summed E-state index contributed by atoms with van der Waals surface area (Å²) >= 11 is 1.33. The fourth-order valence-corrected chi connectivity index (χ4v) is 5.89. The van der Waals surface area contributed by atoms with E-state index in [1.54, 1.807) is 12.1 Å². The minimum Gasteiger partial charge on any atom is -0.497 e. The minimum absolute atomic E-state index is 0.0663. The molecule has 1 saturated heterocycles. The Hall–Kier alpha value is -2.69. The van der Waals surface area contributed by atoms with Gasteiger partial charge >= 0.3 is 0 Å². The summed E-state index contributed by atoms with van der Waals surface area (Å²) in [6, 6.07) is 11.6. The number of benzene rings is 2. The monoisotopic (exact) mass is 490 g/mol. The molecular formula is C23H26N2O6S2. The zero-order valence-electron chi connectivity index (χ0n) is 18.5. The highest BCUT2D eigenvalue weighted by Crippen LogP contribution is 2.35. The van der Waals surface area contributed by atoms with E-state index in [1.807, 2.05) is 25.1 Å². The number of ether oxygens (including phenoxy) is 3. The molecule has 176 valence electrons. The van der Waals surface area contributed by atoms with E-state index < -0.39 is 21.5 Å². The van der Waals surface area contributed by atoms with Crippen molar-refractivity contribution < 1.29 is 27.4 Å². The van der Waals surface area contributed by atoms with Crippen LogP contribution in [0.25, 0.3) is 10.2 Å². The first kappa shape index (κ1) is 23.5. The quantitative estimate of drug-likeness (QED) is 0.451. The first-order chi connectivity index (χ1) is 15.9. The number of carbonyl (C=O) groups is 1. The molecule has 10 heteroatoms. The second kappa shape index (κ2) is 10.1. The van der Waals surface area contributed by atoms with Gasteiger partial charge in [0.25, 0.3) is 0 Å². The van der Waals surface area contributed by atoms with Crippen LogP contribution in [-0.2, 0) is 19.4 Å². The first-order valence-electron chi connectivity index (χ1n) is 10.7. The van der Waals surface area contributed by atoms with Gasteiger partial charge in [-0.2, -0.15) is 0 Å². The number of amides is 1. The van der Waals surface area contributed by atoms with E-state index >= 15 is 0 Å². The second-order valence-electron chi connectivity index (χ2n) is 7.61. The van der Waals surface area contributed by atoms with Gasteiger partial charge in [-0.15, -0.1) is 0 Å². The molecule has 2 heterocycles. The van der Waals surface area contributed by atoms with Crippen molar-refractivity contribution in [3.63, 3.8) is 0 Å². The molecule has 1 fully saturated rings. The zero-order valence-corrected chi connectivity index (χ0v) is 20.2. The standard InChI is InChI=1S/C23H26N2O6S2/c1-3-30-19-7-4-8-20-22(19)24-23(32-20)25(14-17-6-5-13-31-17)21(26)15-33(27,28)18-11-9-16(29-2)10-12-18/h4,7-12,17H,3,5-6,13-15H2,1-2H3. The number of para-hydroxylation sites is 1. The van der Waals surface area contributed by atoms with Crippen molar-refractivity contribution in [1.29, 1.82) is 0 Å². The maximum Gasteiger partial charge on any atom is 0.244 e. The number of anilines is 1. The van der Waals surface area contributed by atoms with Gasteiger partial charge in [-0.05, 0) is 56.2 Å². The Labute approximate surface area is 197 Å². The van der Waals surface area contributed by atoms with Gasteiger partial charge in [-0.25, -0.2) is 13.4 Å². The predicted octanol–water partition coefficient (Wildman–Crippen LogP) is 3.69. The van der Waals surface area contributed by atoms with E-state index in [1.165, 1.54) is 35.5 Å². The van der Waals surface area contributed by atoms with E-state index in [-0.39, 0.29) is 17.5 Å². The summed E-state index contributed by atoms with van der Waals surface area (Å²) in [4.78, 5) is 19.5. The molecule has 0 radical (unpaired) electrons. The molecule has 0 N–H and O–H groups in total. The van der Waals surface area contributed by atoms with E-state index in [0.29, 0.717) is 35.4 Å². The topological polar surface area (TPSA) is 95.0 Å². The second-order valence-corrected chi connectivity index (χ2v) is 10.6. The Morgan fingerprint density at radius 3 is 2.70 bits per heavy atom. The molecule has 1 atom stereocenters. The average Bonchev–Trinajstić information content (AvgIpc) is 3.47. The molecule has 3 aromatic rings. The fraction of sp³-hybridized carbons (Fsp3) is 0.391. The largest absolute Gasteiger partial charge is 0.497 e. The lowest BCUT2D eigenvalue weighted by molar-refractivity contribution is -0.116. The predicted molar refractivity (Wildman–Crippen MR) is 127 cm³/mol. The molecule has 0 saturated carbocycles. The Bertz CT molecular complexity index is 1220. The molecule has 1 aliphatic heterocycles. The number of carbonyl (C=O) groups excluding carboxylic acids is 1. The van der Waals surface area contributed by atoms with Crippen molar-refractivity contribution in [3.05, 3.63) is 42.5 Å². The van der Waals surface area contributed by atoms with Crippen LogP contribution in [-0.4, -0.2) is 58.0 Å². The summed E-state index contributed by atoms with van der Waals surface area (Å²) < 4.78 is 43.3. The van der Waals surface area contributed by atoms with Crippen molar-refractivity contribution in [2.24, 2.45) is 0 Å². The van der Waals surface area contributed by atoms with Gasteiger partial charge in [-0.1, -0.05) is 17.4 Å². The Balaban J connectivity index is 1.64.